The Balaban J connectivity index is 3.04. The lowest BCUT2D eigenvalue weighted by atomic mass is 10.1. The smallest absolute Gasteiger partial charge is 0.160 e. The van der Waals surface area contributed by atoms with Gasteiger partial charge in [-0.2, -0.15) is 0 Å². The predicted molar refractivity (Wildman–Crippen MR) is 59.7 cm³/mol. The van der Waals surface area contributed by atoms with Crippen molar-refractivity contribution < 1.29 is 9.84 Å². The van der Waals surface area contributed by atoms with Crippen molar-refractivity contribution in [3.05, 3.63) is 22.2 Å². The summed E-state index contributed by atoms with van der Waals surface area (Å²) in [5.74, 6) is 0.608. The Morgan fingerprint density at radius 2 is 2.21 bits per heavy atom. The Labute approximate surface area is 92.0 Å². The van der Waals surface area contributed by atoms with Crippen LogP contribution >= 0.6 is 15.9 Å². The molecule has 1 aromatic carbocycles. The molecule has 3 nitrogen and oxygen atoms in total. The highest BCUT2D eigenvalue weighted by atomic mass is 79.9. The van der Waals surface area contributed by atoms with Gasteiger partial charge in [-0.3, -0.25) is 0 Å². The van der Waals surface area contributed by atoms with Crippen LogP contribution in [0.3, 0.4) is 0 Å². The number of phenols is 1. The lowest BCUT2D eigenvalue weighted by Crippen LogP contribution is -2.18. The molecule has 1 rings (SSSR count). The first-order chi connectivity index (χ1) is 6.54. The average Bonchev–Trinajstić information content (AvgIpc) is 2.09. The third kappa shape index (κ3) is 2.62. The van der Waals surface area contributed by atoms with Gasteiger partial charge in [-0.15, -0.1) is 0 Å². The summed E-state index contributed by atoms with van der Waals surface area (Å²) in [6, 6.07) is 3.50. The Morgan fingerprint density at radius 3 is 2.71 bits per heavy atom. The topological polar surface area (TPSA) is 55.5 Å². The first-order valence-electron chi connectivity index (χ1n) is 4.35. The molecular weight excluding hydrogens is 246 g/mol. The number of hydrogen-bond donors (Lipinski definition) is 2. The zero-order valence-corrected chi connectivity index (χ0v) is 9.84. The summed E-state index contributed by atoms with van der Waals surface area (Å²) >= 11 is 3.37. The molecule has 0 aromatic heterocycles. The Kier molecular flexibility index (Phi) is 3.77. The van der Waals surface area contributed by atoms with E-state index in [1.54, 1.807) is 12.1 Å². The van der Waals surface area contributed by atoms with Crippen LogP contribution in [0.15, 0.2) is 16.6 Å². The summed E-state index contributed by atoms with van der Waals surface area (Å²) < 4.78 is 5.87. The van der Waals surface area contributed by atoms with Gasteiger partial charge in [-0.05, 0) is 31.0 Å². The number of methoxy groups -OCH3 is 1. The number of rotatable bonds is 3. The van der Waals surface area contributed by atoms with Gasteiger partial charge in [0.25, 0.3) is 0 Å². The van der Waals surface area contributed by atoms with Gasteiger partial charge in [-0.25, -0.2) is 0 Å². The molecule has 0 aliphatic carbocycles. The van der Waals surface area contributed by atoms with E-state index in [1.165, 1.54) is 7.11 Å². The fourth-order valence-electron chi connectivity index (χ4n) is 1.25. The Bertz CT molecular complexity index is 326. The molecule has 0 spiro atoms. The minimum Gasteiger partial charge on any atom is -0.504 e. The summed E-state index contributed by atoms with van der Waals surface area (Å²) in [7, 11) is 1.53. The van der Waals surface area contributed by atoms with Crippen molar-refractivity contribution in [3.63, 3.8) is 0 Å². The molecular formula is C10H14BrNO2. The molecule has 0 amide bonds. The molecule has 1 atom stereocenters. The third-order valence-electron chi connectivity index (χ3n) is 1.89. The van der Waals surface area contributed by atoms with Gasteiger partial charge in [0.1, 0.15) is 0 Å². The Hall–Kier alpha value is -0.740. The minimum atomic E-state index is 0.0838. The number of ether oxygens (including phenoxy) is 1. The molecule has 0 saturated carbocycles. The maximum Gasteiger partial charge on any atom is 0.160 e. The van der Waals surface area contributed by atoms with Gasteiger partial charge in [0.2, 0.25) is 0 Å². The zero-order valence-electron chi connectivity index (χ0n) is 8.25. The van der Waals surface area contributed by atoms with E-state index in [4.69, 9.17) is 10.5 Å². The maximum atomic E-state index is 9.46. The fraction of sp³-hybridized carbons (Fsp3) is 0.400. The fourth-order valence-corrected chi connectivity index (χ4v) is 1.74. The SMILES string of the molecule is COc1cc(CC(C)N)c(Br)cc1O. The van der Waals surface area contributed by atoms with Crippen molar-refractivity contribution in [2.45, 2.75) is 19.4 Å². The zero-order chi connectivity index (χ0) is 10.7. The van der Waals surface area contributed by atoms with Gasteiger partial charge in [0, 0.05) is 10.5 Å². The standard InChI is InChI=1S/C10H14BrNO2/c1-6(12)3-7-4-10(14-2)9(13)5-8(7)11/h4-6,13H,3,12H2,1-2H3. The molecule has 0 saturated heterocycles. The van der Waals surface area contributed by atoms with Crippen molar-refractivity contribution >= 4 is 15.9 Å². The van der Waals surface area contributed by atoms with Crippen LogP contribution in [0, 0.1) is 0 Å². The second-order valence-corrected chi connectivity index (χ2v) is 4.15. The van der Waals surface area contributed by atoms with E-state index in [9.17, 15) is 5.11 Å². The second-order valence-electron chi connectivity index (χ2n) is 3.30. The number of nitrogens with two attached hydrogens (primary N) is 1. The third-order valence-corrected chi connectivity index (χ3v) is 2.63. The van der Waals surface area contributed by atoms with Gasteiger partial charge in [0.05, 0.1) is 7.11 Å². The summed E-state index contributed by atoms with van der Waals surface area (Å²) in [5.41, 5.74) is 6.74. The molecule has 1 unspecified atom stereocenters. The molecule has 4 heteroatoms. The lowest BCUT2D eigenvalue weighted by Gasteiger charge is -2.11. The molecule has 0 aliphatic heterocycles. The maximum absolute atomic E-state index is 9.46. The lowest BCUT2D eigenvalue weighted by molar-refractivity contribution is 0.372. The summed E-state index contributed by atoms with van der Waals surface area (Å²) in [6.07, 6.45) is 0.747. The molecule has 0 radical (unpaired) electrons. The number of hydrogen-bond acceptors (Lipinski definition) is 3. The highest BCUT2D eigenvalue weighted by Crippen LogP contribution is 2.32. The number of aromatic hydroxyl groups is 1. The van der Waals surface area contributed by atoms with Crippen LogP contribution in [0.1, 0.15) is 12.5 Å². The van der Waals surface area contributed by atoms with Crippen LogP contribution in [0.4, 0.5) is 0 Å². The van der Waals surface area contributed by atoms with Crippen LogP contribution in [0.25, 0.3) is 0 Å². The predicted octanol–water partition coefficient (Wildman–Crippen LogP) is 2.05. The number of halogens is 1. The van der Waals surface area contributed by atoms with Crippen LogP contribution < -0.4 is 10.5 Å². The first-order valence-corrected chi connectivity index (χ1v) is 5.15. The van der Waals surface area contributed by atoms with E-state index in [0.717, 1.165) is 16.5 Å². The number of benzene rings is 1. The van der Waals surface area contributed by atoms with Crippen LogP contribution in [-0.4, -0.2) is 18.3 Å². The molecule has 0 bridgehead atoms. The van der Waals surface area contributed by atoms with E-state index in [2.05, 4.69) is 15.9 Å². The number of phenolic OH excluding ortho intramolecular Hbond substituents is 1. The highest BCUT2D eigenvalue weighted by molar-refractivity contribution is 9.10. The molecule has 1 aromatic rings. The van der Waals surface area contributed by atoms with Gasteiger partial charge in [0.15, 0.2) is 11.5 Å². The molecule has 0 aliphatic rings. The van der Waals surface area contributed by atoms with E-state index < -0.39 is 0 Å². The molecule has 3 N–H and O–H groups in total. The molecule has 14 heavy (non-hydrogen) atoms. The quantitative estimate of drug-likeness (QED) is 0.874. The van der Waals surface area contributed by atoms with Crippen LogP contribution in [0.2, 0.25) is 0 Å². The minimum absolute atomic E-state index is 0.0838. The van der Waals surface area contributed by atoms with Gasteiger partial charge in [-0.1, -0.05) is 15.9 Å². The largest absolute Gasteiger partial charge is 0.504 e. The summed E-state index contributed by atoms with van der Waals surface area (Å²) in [4.78, 5) is 0. The highest BCUT2D eigenvalue weighted by Gasteiger charge is 2.09. The monoisotopic (exact) mass is 259 g/mol. The summed E-state index contributed by atoms with van der Waals surface area (Å²) in [6.45, 7) is 1.94. The van der Waals surface area contributed by atoms with Crippen LogP contribution in [0.5, 0.6) is 11.5 Å². The van der Waals surface area contributed by atoms with Crippen molar-refractivity contribution in [1.82, 2.24) is 0 Å². The van der Waals surface area contributed by atoms with E-state index in [0.29, 0.717) is 5.75 Å². The van der Waals surface area contributed by atoms with Crippen molar-refractivity contribution in [3.8, 4) is 11.5 Å². The van der Waals surface area contributed by atoms with E-state index >= 15 is 0 Å². The normalized spacial score (nSPS) is 12.6. The Morgan fingerprint density at radius 1 is 1.57 bits per heavy atom. The van der Waals surface area contributed by atoms with E-state index in [-0.39, 0.29) is 11.8 Å². The van der Waals surface area contributed by atoms with Gasteiger partial charge < -0.3 is 15.6 Å². The first kappa shape index (κ1) is 11.3. The second kappa shape index (κ2) is 4.66. The van der Waals surface area contributed by atoms with Crippen molar-refractivity contribution in [2.75, 3.05) is 7.11 Å². The summed E-state index contributed by atoms with van der Waals surface area (Å²) in [5, 5.41) is 9.46. The molecule has 0 heterocycles. The average molecular weight is 260 g/mol. The van der Waals surface area contributed by atoms with Crippen LogP contribution in [-0.2, 0) is 6.42 Å². The van der Waals surface area contributed by atoms with Crippen molar-refractivity contribution in [1.29, 1.82) is 0 Å². The van der Waals surface area contributed by atoms with Crippen molar-refractivity contribution in [2.24, 2.45) is 5.73 Å². The molecule has 0 fully saturated rings. The molecule has 78 valence electrons. The van der Waals surface area contributed by atoms with E-state index in [1.807, 2.05) is 6.92 Å². The van der Waals surface area contributed by atoms with Gasteiger partial charge >= 0.3 is 0 Å².